The third-order valence-corrected chi connectivity index (χ3v) is 5.85. The van der Waals surface area contributed by atoms with Crippen LogP contribution in [0.4, 0.5) is 14.6 Å². The number of hydrogen-bond donors (Lipinski definition) is 2. The number of hydrogen-bond acceptors (Lipinski definition) is 6. The lowest BCUT2D eigenvalue weighted by atomic mass is 9.97. The molecule has 0 radical (unpaired) electrons. The van der Waals surface area contributed by atoms with E-state index in [2.05, 4.69) is 20.3 Å². The summed E-state index contributed by atoms with van der Waals surface area (Å²) in [6.45, 7) is 3.72. The van der Waals surface area contributed by atoms with E-state index in [9.17, 15) is 23.5 Å². The third-order valence-electron chi connectivity index (χ3n) is 5.85. The van der Waals surface area contributed by atoms with Gasteiger partial charge in [0.25, 0.3) is 11.8 Å². The first-order valence-electron chi connectivity index (χ1n) is 10.9. The largest absolute Gasteiger partial charge is 0.387 e. The summed E-state index contributed by atoms with van der Waals surface area (Å²) >= 11 is 0. The Morgan fingerprint density at radius 1 is 1.21 bits per heavy atom. The van der Waals surface area contributed by atoms with Gasteiger partial charge in [0.2, 0.25) is 5.91 Å². The van der Waals surface area contributed by atoms with Gasteiger partial charge >= 0.3 is 0 Å². The molecule has 10 heteroatoms. The van der Waals surface area contributed by atoms with Gasteiger partial charge < -0.3 is 15.3 Å². The maximum absolute atomic E-state index is 13.2. The lowest BCUT2D eigenvalue weighted by Gasteiger charge is -2.17. The average Bonchev–Trinajstić information content (AvgIpc) is 3.45. The van der Waals surface area contributed by atoms with Gasteiger partial charge in [0.15, 0.2) is 0 Å². The van der Waals surface area contributed by atoms with Crippen molar-refractivity contribution in [1.82, 2.24) is 19.9 Å². The highest BCUT2D eigenvalue weighted by Crippen LogP contribution is 2.49. The fourth-order valence-electron chi connectivity index (χ4n) is 3.68. The number of aliphatic hydroxyl groups excluding tert-OH is 1. The van der Waals surface area contributed by atoms with Gasteiger partial charge in [-0.15, -0.1) is 0 Å². The predicted molar refractivity (Wildman–Crippen MR) is 122 cm³/mol. The van der Waals surface area contributed by atoms with Gasteiger partial charge in [0, 0.05) is 55.5 Å². The number of carbonyl (C=O) groups excluding carboxylic acids is 2. The normalized spacial score (nSPS) is 17.3. The van der Waals surface area contributed by atoms with E-state index in [1.807, 2.05) is 13.8 Å². The van der Waals surface area contributed by atoms with E-state index < -0.39 is 30.3 Å². The lowest BCUT2D eigenvalue weighted by molar-refractivity contribution is -0.119. The highest BCUT2D eigenvalue weighted by molar-refractivity contribution is 6.03. The Kier molecular flexibility index (Phi) is 6.03. The van der Waals surface area contributed by atoms with Crippen molar-refractivity contribution in [2.45, 2.75) is 38.7 Å². The Labute approximate surface area is 195 Å². The summed E-state index contributed by atoms with van der Waals surface area (Å²) in [7, 11) is 3.22. The fraction of sp³-hybridized carbons (Fsp3) is 0.375. The van der Waals surface area contributed by atoms with Crippen molar-refractivity contribution in [3.8, 4) is 11.1 Å². The van der Waals surface area contributed by atoms with Crippen LogP contribution in [0.3, 0.4) is 0 Å². The van der Waals surface area contributed by atoms with E-state index in [1.54, 1.807) is 32.4 Å². The van der Waals surface area contributed by atoms with Crippen molar-refractivity contribution in [3.63, 3.8) is 0 Å². The molecule has 1 aliphatic rings. The molecule has 3 aromatic rings. The van der Waals surface area contributed by atoms with E-state index in [-0.39, 0.29) is 17.4 Å². The number of aryl methyl sites for hydroxylation is 1. The maximum atomic E-state index is 13.2. The van der Waals surface area contributed by atoms with E-state index in [1.165, 1.54) is 17.2 Å². The van der Waals surface area contributed by atoms with Gasteiger partial charge in [0.1, 0.15) is 17.4 Å². The van der Waals surface area contributed by atoms with Gasteiger partial charge in [-0.1, -0.05) is 6.92 Å². The molecule has 2 atom stereocenters. The first-order chi connectivity index (χ1) is 16.0. The molecule has 0 unspecified atom stereocenters. The number of alkyl halides is 2. The van der Waals surface area contributed by atoms with Crippen LogP contribution in [0.25, 0.3) is 22.0 Å². The second kappa shape index (κ2) is 8.68. The molecule has 34 heavy (non-hydrogen) atoms. The van der Waals surface area contributed by atoms with E-state index in [0.717, 1.165) is 5.56 Å². The van der Waals surface area contributed by atoms with E-state index in [0.29, 0.717) is 34.1 Å². The lowest BCUT2D eigenvalue weighted by Crippen LogP contribution is -2.24. The monoisotopic (exact) mass is 469 g/mol. The van der Waals surface area contributed by atoms with Gasteiger partial charge in [-0.3, -0.25) is 14.6 Å². The molecule has 0 saturated heterocycles. The first-order valence-corrected chi connectivity index (χ1v) is 10.9. The fourth-order valence-corrected chi connectivity index (χ4v) is 3.68. The minimum atomic E-state index is -2.98. The zero-order valence-corrected chi connectivity index (χ0v) is 19.3. The number of carbonyl (C=O) groups is 2. The smallest absolute Gasteiger partial charge is 0.272 e. The van der Waals surface area contributed by atoms with Gasteiger partial charge in [0.05, 0.1) is 17.3 Å². The Hall–Kier alpha value is -3.53. The van der Waals surface area contributed by atoms with Crippen LogP contribution in [0.5, 0.6) is 0 Å². The van der Waals surface area contributed by atoms with E-state index in [4.69, 9.17) is 0 Å². The predicted octanol–water partition coefficient (Wildman–Crippen LogP) is 3.74. The Morgan fingerprint density at radius 2 is 1.91 bits per heavy atom. The van der Waals surface area contributed by atoms with Gasteiger partial charge in [-0.25, -0.2) is 18.7 Å². The summed E-state index contributed by atoms with van der Waals surface area (Å²) in [5, 5.41) is 13.1. The third kappa shape index (κ3) is 4.45. The summed E-state index contributed by atoms with van der Waals surface area (Å²) in [4.78, 5) is 39.5. The number of rotatable bonds is 6. The standard InChI is InChI=1S/C24H25F2N5O3/c1-5-19(32)18-6-12(2)15(11-27-18)14-7-13-10-28-20(30-22(33)16-9-24(16,25)26)8-17(13)29-21(14)23(34)31(3)4/h6-8,10-11,16,19,32H,5,9H2,1-4H3,(H,28,30,33)/t16-,19+/m1/s1. The van der Waals surface area contributed by atoms with Crippen LogP contribution in [-0.2, 0) is 4.79 Å². The van der Waals surface area contributed by atoms with E-state index >= 15 is 0 Å². The molecule has 3 aromatic heterocycles. The highest BCUT2D eigenvalue weighted by atomic mass is 19.3. The second-order valence-corrected chi connectivity index (χ2v) is 8.70. The molecule has 0 aromatic carbocycles. The summed E-state index contributed by atoms with van der Waals surface area (Å²) in [5.41, 5.74) is 3.13. The molecule has 1 fully saturated rings. The molecular formula is C24H25F2N5O3. The van der Waals surface area contributed by atoms with Crippen molar-refractivity contribution < 1.29 is 23.5 Å². The number of nitrogens with zero attached hydrogens (tertiary/aromatic N) is 4. The van der Waals surface area contributed by atoms with Crippen LogP contribution < -0.4 is 5.32 Å². The van der Waals surface area contributed by atoms with Crippen molar-refractivity contribution in [3.05, 3.63) is 47.5 Å². The second-order valence-electron chi connectivity index (χ2n) is 8.70. The minimum Gasteiger partial charge on any atom is -0.387 e. The number of amides is 2. The summed E-state index contributed by atoms with van der Waals surface area (Å²) in [5.74, 6) is -5.38. The molecular weight excluding hydrogens is 444 g/mol. The van der Waals surface area contributed by atoms with Crippen LogP contribution in [0.1, 0.15) is 47.6 Å². The number of anilines is 1. The zero-order chi connectivity index (χ0) is 24.8. The minimum absolute atomic E-state index is 0.0828. The number of aliphatic hydroxyl groups is 1. The summed E-state index contributed by atoms with van der Waals surface area (Å²) in [6, 6.07) is 4.99. The molecule has 2 amide bonds. The number of nitrogens with one attached hydrogen (secondary N) is 1. The molecule has 1 saturated carbocycles. The molecule has 0 aliphatic heterocycles. The number of pyridine rings is 3. The summed E-state index contributed by atoms with van der Waals surface area (Å²) in [6.07, 6.45) is 2.44. The first kappa shape index (κ1) is 23.6. The van der Waals surface area contributed by atoms with Crippen LogP contribution in [-0.4, -0.2) is 56.8 Å². The van der Waals surface area contributed by atoms with Gasteiger partial charge in [-0.05, 0) is 31.0 Å². The number of fused-ring (bicyclic) bond motifs is 1. The van der Waals surface area contributed by atoms with Crippen LogP contribution >= 0.6 is 0 Å². The number of halogens is 2. The Morgan fingerprint density at radius 3 is 2.50 bits per heavy atom. The SMILES string of the molecule is CC[C@H](O)c1cc(C)c(-c2cc3cnc(NC(=O)[C@H]4CC4(F)F)cc3nc2C(=O)N(C)C)cn1. The van der Waals surface area contributed by atoms with Crippen LogP contribution in [0.15, 0.2) is 30.6 Å². The molecule has 1 aliphatic carbocycles. The Bertz CT molecular complexity index is 1300. The zero-order valence-electron chi connectivity index (χ0n) is 19.3. The molecule has 178 valence electrons. The van der Waals surface area contributed by atoms with Crippen molar-refractivity contribution >= 4 is 28.5 Å². The number of aromatic nitrogens is 3. The molecule has 3 heterocycles. The molecule has 8 nitrogen and oxygen atoms in total. The molecule has 0 spiro atoms. The maximum Gasteiger partial charge on any atom is 0.272 e. The molecule has 4 rings (SSSR count). The topological polar surface area (TPSA) is 108 Å². The molecule has 2 N–H and O–H groups in total. The van der Waals surface area contributed by atoms with Crippen LogP contribution in [0.2, 0.25) is 0 Å². The van der Waals surface area contributed by atoms with Crippen molar-refractivity contribution in [1.29, 1.82) is 0 Å². The highest BCUT2D eigenvalue weighted by Gasteiger charge is 2.61. The Balaban J connectivity index is 1.77. The average molecular weight is 469 g/mol. The van der Waals surface area contributed by atoms with Gasteiger partial charge in [-0.2, -0.15) is 0 Å². The quantitative estimate of drug-likeness (QED) is 0.569. The molecule has 0 bridgehead atoms. The van der Waals surface area contributed by atoms with Crippen molar-refractivity contribution in [2.24, 2.45) is 5.92 Å². The summed E-state index contributed by atoms with van der Waals surface area (Å²) < 4.78 is 26.4. The van der Waals surface area contributed by atoms with Crippen LogP contribution in [0, 0.1) is 12.8 Å². The van der Waals surface area contributed by atoms with Crippen molar-refractivity contribution in [2.75, 3.05) is 19.4 Å².